The van der Waals surface area contributed by atoms with Gasteiger partial charge in [0.05, 0.1) is 12.4 Å². The number of carboxylic acids is 1. The number of hydrogen-bond acceptors (Lipinski definition) is 9. The van der Waals surface area contributed by atoms with Crippen molar-refractivity contribution >= 4 is 35.5 Å². The van der Waals surface area contributed by atoms with Crippen molar-refractivity contribution in [1.29, 1.82) is 0 Å². The van der Waals surface area contributed by atoms with E-state index in [1.54, 1.807) is 11.8 Å². The molecule has 210 valence electrons. The first-order valence-electron chi connectivity index (χ1n) is 12.5. The molecule has 0 saturated carbocycles. The predicted octanol–water partition coefficient (Wildman–Crippen LogP) is -1.17. The van der Waals surface area contributed by atoms with Crippen LogP contribution in [0.1, 0.15) is 50.6 Å². The van der Waals surface area contributed by atoms with Crippen molar-refractivity contribution < 1.29 is 24.3 Å². The maximum absolute atomic E-state index is 13.2. The van der Waals surface area contributed by atoms with Gasteiger partial charge in [0, 0.05) is 18.3 Å². The minimum atomic E-state index is -1.18. The molecule has 1 heterocycles. The van der Waals surface area contributed by atoms with Gasteiger partial charge in [0.2, 0.25) is 17.7 Å². The number of rotatable bonds is 20. The Morgan fingerprint density at radius 1 is 0.919 bits per heavy atom. The van der Waals surface area contributed by atoms with Gasteiger partial charge >= 0.3 is 5.97 Å². The molecule has 0 aliphatic rings. The summed E-state index contributed by atoms with van der Waals surface area (Å²) in [6.07, 6.45) is 8.24. The molecule has 0 aliphatic heterocycles. The van der Waals surface area contributed by atoms with Gasteiger partial charge in [-0.15, -0.1) is 0 Å². The van der Waals surface area contributed by atoms with Crippen LogP contribution in [-0.2, 0) is 25.6 Å². The zero-order valence-corrected chi connectivity index (χ0v) is 22.2. The van der Waals surface area contributed by atoms with E-state index in [1.165, 1.54) is 12.5 Å². The molecular weight excluding hydrogens is 500 g/mol. The standard InChI is InChI=1S/C23H42N8O5S/c1-37-11-8-16(26)20(32)29-17(6-2-4-9-24)21(33)31-19(12-15-13-27-14-28-15)22(34)30-18(23(35)36)7-3-5-10-25/h13-14,16-19H,2-12,24-26H2,1H3,(H,27,28)(H,29,32)(H,30,34)(H,31,33)(H,35,36). The molecule has 11 N–H and O–H groups in total. The fourth-order valence-electron chi connectivity index (χ4n) is 3.54. The molecule has 0 bridgehead atoms. The number of carbonyl (C=O) groups is 4. The third kappa shape index (κ3) is 12.9. The molecule has 0 aromatic carbocycles. The summed E-state index contributed by atoms with van der Waals surface area (Å²) in [7, 11) is 0. The van der Waals surface area contributed by atoms with Gasteiger partial charge in [-0.3, -0.25) is 14.4 Å². The van der Waals surface area contributed by atoms with Crippen LogP contribution in [0, 0.1) is 0 Å². The molecule has 1 aromatic heterocycles. The zero-order chi connectivity index (χ0) is 27.6. The number of nitrogens with two attached hydrogens (primary N) is 3. The Morgan fingerprint density at radius 3 is 2.03 bits per heavy atom. The molecule has 4 atom stereocenters. The van der Waals surface area contributed by atoms with Crippen molar-refractivity contribution in [2.24, 2.45) is 17.2 Å². The largest absolute Gasteiger partial charge is 0.480 e. The molecular formula is C23H42N8O5S. The van der Waals surface area contributed by atoms with Gasteiger partial charge in [0.1, 0.15) is 18.1 Å². The van der Waals surface area contributed by atoms with E-state index in [2.05, 4.69) is 25.9 Å². The number of aliphatic carboxylic acids is 1. The van der Waals surface area contributed by atoms with Gasteiger partial charge in [0.15, 0.2) is 0 Å². The Hall–Kier alpha value is -2.68. The quantitative estimate of drug-likeness (QED) is 0.0919. The monoisotopic (exact) mass is 542 g/mol. The van der Waals surface area contributed by atoms with Gasteiger partial charge in [-0.25, -0.2) is 9.78 Å². The lowest BCUT2D eigenvalue weighted by Crippen LogP contribution is -2.57. The fourth-order valence-corrected chi connectivity index (χ4v) is 4.03. The molecule has 0 aliphatic carbocycles. The Labute approximate surface area is 221 Å². The van der Waals surface area contributed by atoms with E-state index in [1.807, 2.05) is 6.26 Å². The first kappa shape index (κ1) is 32.3. The predicted molar refractivity (Wildman–Crippen MR) is 143 cm³/mol. The van der Waals surface area contributed by atoms with Crippen LogP contribution in [0.3, 0.4) is 0 Å². The summed E-state index contributed by atoms with van der Waals surface area (Å²) < 4.78 is 0. The van der Waals surface area contributed by atoms with Gasteiger partial charge in [-0.05, 0) is 70.0 Å². The molecule has 1 rings (SSSR count). The highest BCUT2D eigenvalue weighted by Crippen LogP contribution is 2.07. The topological polar surface area (TPSA) is 231 Å². The molecule has 3 amide bonds. The number of nitrogens with zero attached hydrogens (tertiary/aromatic N) is 1. The summed E-state index contributed by atoms with van der Waals surface area (Å²) in [5.41, 5.74) is 17.6. The number of carboxylic acid groups (broad SMARTS) is 1. The normalized spacial score (nSPS) is 14.3. The molecule has 0 fully saturated rings. The Morgan fingerprint density at radius 2 is 1.49 bits per heavy atom. The van der Waals surface area contributed by atoms with Crippen molar-refractivity contribution in [3.8, 4) is 0 Å². The number of imidazole rings is 1. The molecule has 13 nitrogen and oxygen atoms in total. The zero-order valence-electron chi connectivity index (χ0n) is 21.4. The van der Waals surface area contributed by atoms with Crippen molar-refractivity contribution in [2.75, 3.05) is 25.1 Å². The van der Waals surface area contributed by atoms with Crippen LogP contribution in [0.15, 0.2) is 12.5 Å². The van der Waals surface area contributed by atoms with Crippen molar-refractivity contribution in [2.45, 2.75) is 75.5 Å². The number of carbonyl (C=O) groups excluding carboxylic acids is 3. The van der Waals surface area contributed by atoms with E-state index in [9.17, 15) is 24.3 Å². The maximum atomic E-state index is 13.2. The van der Waals surface area contributed by atoms with E-state index in [0.29, 0.717) is 63.1 Å². The van der Waals surface area contributed by atoms with E-state index < -0.39 is 47.9 Å². The van der Waals surface area contributed by atoms with Crippen LogP contribution >= 0.6 is 11.8 Å². The van der Waals surface area contributed by atoms with Crippen LogP contribution in [0.2, 0.25) is 0 Å². The molecule has 0 saturated heterocycles. The summed E-state index contributed by atoms with van der Waals surface area (Å²) >= 11 is 1.56. The lowest BCUT2D eigenvalue weighted by Gasteiger charge is -2.25. The minimum Gasteiger partial charge on any atom is -0.480 e. The third-order valence-corrected chi connectivity index (χ3v) is 6.37. The molecule has 0 radical (unpaired) electrons. The van der Waals surface area contributed by atoms with Gasteiger partial charge < -0.3 is 43.2 Å². The van der Waals surface area contributed by atoms with Gasteiger partial charge in [-0.1, -0.05) is 0 Å². The summed E-state index contributed by atoms with van der Waals surface area (Å²) in [5, 5.41) is 17.4. The average Bonchev–Trinajstić information content (AvgIpc) is 3.38. The summed E-state index contributed by atoms with van der Waals surface area (Å²) in [6, 6.07) is -3.94. The third-order valence-electron chi connectivity index (χ3n) is 5.72. The second-order valence-electron chi connectivity index (χ2n) is 8.76. The Kier molecular flexibility index (Phi) is 16.2. The molecule has 14 heteroatoms. The van der Waals surface area contributed by atoms with E-state index in [4.69, 9.17) is 17.2 Å². The van der Waals surface area contributed by atoms with Crippen LogP contribution < -0.4 is 33.2 Å². The van der Waals surface area contributed by atoms with E-state index >= 15 is 0 Å². The van der Waals surface area contributed by atoms with Crippen LogP contribution in [0.25, 0.3) is 0 Å². The number of H-pyrrole nitrogens is 1. The van der Waals surface area contributed by atoms with Gasteiger partial charge in [-0.2, -0.15) is 11.8 Å². The van der Waals surface area contributed by atoms with E-state index in [-0.39, 0.29) is 12.8 Å². The number of aromatic nitrogens is 2. The summed E-state index contributed by atoms with van der Waals surface area (Å²) in [4.78, 5) is 57.4. The first-order valence-corrected chi connectivity index (χ1v) is 13.9. The maximum Gasteiger partial charge on any atom is 0.326 e. The highest BCUT2D eigenvalue weighted by molar-refractivity contribution is 7.98. The first-order chi connectivity index (χ1) is 17.7. The van der Waals surface area contributed by atoms with Crippen molar-refractivity contribution in [1.82, 2.24) is 25.9 Å². The van der Waals surface area contributed by atoms with Crippen LogP contribution in [0.4, 0.5) is 0 Å². The number of amides is 3. The van der Waals surface area contributed by atoms with Crippen molar-refractivity contribution in [3.63, 3.8) is 0 Å². The SMILES string of the molecule is CSCCC(N)C(=O)NC(CCCCN)C(=O)NC(Cc1cnc[nH]1)C(=O)NC(CCCCN)C(=O)O. The summed E-state index contributed by atoms with van der Waals surface area (Å²) in [6.45, 7) is 0.845. The number of unbranched alkanes of at least 4 members (excludes halogenated alkanes) is 2. The number of nitrogens with one attached hydrogen (secondary N) is 4. The Bertz CT molecular complexity index is 826. The number of hydrogen-bond donors (Lipinski definition) is 8. The van der Waals surface area contributed by atoms with Crippen LogP contribution in [-0.4, -0.2) is 88.0 Å². The molecule has 0 spiro atoms. The smallest absolute Gasteiger partial charge is 0.326 e. The molecule has 1 aromatic rings. The second kappa shape index (κ2) is 18.5. The lowest BCUT2D eigenvalue weighted by molar-refractivity contribution is -0.142. The number of aromatic amines is 1. The fraction of sp³-hybridized carbons (Fsp3) is 0.696. The second-order valence-corrected chi connectivity index (χ2v) is 9.75. The molecule has 4 unspecified atom stereocenters. The van der Waals surface area contributed by atoms with E-state index in [0.717, 1.165) is 0 Å². The highest BCUT2D eigenvalue weighted by Gasteiger charge is 2.30. The van der Waals surface area contributed by atoms with Crippen molar-refractivity contribution in [3.05, 3.63) is 18.2 Å². The Balaban J connectivity index is 3.01. The van der Waals surface area contributed by atoms with Gasteiger partial charge in [0.25, 0.3) is 0 Å². The number of thioether (sulfide) groups is 1. The minimum absolute atomic E-state index is 0.0451. The average molecular weight is 543 g/mol. The van der Waals surface area contributed by atoms with Crippen LogP contribution in [0.5, 0.6) is 0 Å². The lowest BCUT2D eigenvalue weighted by atomic mass is 10.0. The highest BCUT2D eigenvalue weighted by atomic mass is 32.2. The summed E-state index contributed by atoms with van der Waals surface area (Å²) in [5.74, 6) is -2.17. The molecule has 37 heavy (non-hydrogen) atoms.